The molecule has 1 aliphatic heterocycles. The minimum Gasteiger partial charge on any atom is -0.382 e. The second-order valence-electron chi connectivity index (χ2n) is 9.66. The number of pyridine rings is 1. The zero-order valence-corrected chi connectivity index (χ0v) is 20.7. The molecule has 9 nitrogen and oxygen atoms in total. The summed E-state index contributed by atoms with van der Waals surface area (Å²) < 4.78 is 1.84. The van der Waals surface area contributed by atoms with E-state index in [-0.39, 0.29) is 23.8 Å². The first kappa shape index (κ1) is 22.7. The van der Waals surface area contributed by atoms with Gasteiger partial charge in [-0.25, -0.2) is 14.5 Å². The second kappa shape index (κ2) is 9.05. The number of nitrogen functional groups attached to an aromatic ring is 1. The van der Waals surface area contributed by atoms with Gasteiger partial charge in [0.25, 0.3) is 0 Å². The van der Waals surface area contributed by atoms with Crippen LogP contribution in [0.25, 0.3) is 5.52 Å². The number of halogens is 1. The normalized spacial score (nSPS) is 21.2. The molecule has 184 valence electrons. The molecule has 0 radical (unpaired) electrons. The minimum absolute atomic E-state index is 0.0407. The Morgan fingerprint density at radius 3 is 2.75 bits per heavy atom. The Kier molecular flexibility index (Phi) is 5.72. The lowest BCUT2D eigenvalue weighted by Crippen LogP contribution is -2.27. The number of hydrogen-bond donors (Lipinski definition) is 3. The number of hydrogen-bond acceptors (Lipinski definition) is 7. The fourth-order valence-electron chi connectivity index (χ4n) is 5.42. The van der Waals surface area contributed by atoms with Crippen molar-refractivity contribution < 1.29 is 4.79 Å². The van der Waals surface area contributed by atoms with Gasteiger partial charge in [-0.2, -0.15) is 5.10 Å². The fourth-order valence-corrected chi connectivity index (χ4v) is 5.67. The van der Waals surface area contributed by atoms with E-state index in [2.05, 4.69) is 31.8 Å². The number of nitrogens with two attached hydrogens (primary N) is 1. The van der Waals surface area contributed by atoms with Gasteiger partial charge in [-0.1, -0.05) is 23.7 Å². The smallest absolute Gasteiger partial charge is 0.227 e. The highest BCUT2D eigenvalue weighted by atomic mass is 35.5. The zero-order valence-electron chi connectivity index (χ0n) is 19.9. The number of fused-ring (bicyclic) bond motifs is 2. The molecule has 1 saturated carbocycles. The summed E-state index contributed by atoms with van der Waals surface area (Å²) in [5.74, 6) is 1.46. The molecule has 1 aromatic carbocycles. The number of carbonyl (C=O) groups is 1. The molecule has 1 amide bonds. The average molecular weight is 503 g/mol. The number of imidazole rings is 1. The third-order valence-electron chi connectivity index (χ3n) is 7.33. The van der Waals surface area contributed by atoms with E-state index in [1.165, 1.54) is 6.33 Å². The standard InChI is InChI=1S/C26H27ClN8O/c1-14-5-10-18(12-29-14)32-26(36)16-8-6-15(7-9-16)25-34-22(23-24(28)30-13-31-35(23)25)20-11-17-3-2-4-19(27)21(17)33-20/h2-5,10,12-13,15-16,20,33H,6-9,11H2,1H3,(H,32,36)(H2,28,30,31). The van der Waals surface area contributed by atoms with Gasteiger partial charge in [-0.05, 0) is 56.4 Å². The van der Waals surface area contributed by atoms with Crippen LogP contribution in [0.2, 0.25) is 5.02 Å². The molecule has 0 saturated heterocycles. The largest absolute Gasteiger partial charge is 0.382 e. The van der Waals surface area contributed by atoms with Crippen molar-refractivity contribution in [1.29, 1.82) is 0 Å². The van der Waals surface area contributed by atoms with Crippen molar-refractivity contribution in [2.75, 3.05) is 16.4 Å². The first-order chi connectivity index (χ1) is 17.5. The fraction of sp³-hybridized carbons (Fsp3) is 0.346. The topological polar surface area (TPSA) is 123 Å². The molecule has 6 rings (SSSR count). The van der Waals surface area contributed by atoms with Gasteiger partial charge in [0.2, 0.25) is 5.91 Å². The first-order valence-corrected chi connectivity index (χ1v) is 12.6. The van der Waals surface area contributed by atoms with Crippen molar-refractivity contribution in [1.82, 2.24) is 24.6 Å². The Morgan fingerprint density at radius 2 is 2.00 bits per heavy atom. The summed E-state index contributed by atoms with van der Waals surface area (Å²) in [5.41, 5.74) is 11.6. The van der Waals surface area contributed by atoms with Crippen LogP contribution in [0, 0.1) is 12.8 Å². The summed E-state index contributed by atoms with van der Waals surface area (Å²) in [7, 11) is 0. The molecule has 4 heterocycles. The molecular formula is C26H27ClN8O. The van der Waals surface area contributed by atoms with Crippen molar-refractivity contribution in [3.8, 4) is 0 Å². The van der Waals surface area contributed by atoms with Crippen LogP contribution in [-0.2, 0) is 11.2 Å². The maximum absolute atomic E-state index is 12.9. The maximum atomic E-state index is 12.9. The monoisotopic (exact) mass is 502 g/mol. The highest BCUT2D eigenvalue weighted by Crippen LogP contribution is 2.42. The van der Waals surface area contributed by atoms with Gasteiger partial charge in [0, 0.05) is 24.0 Å². The Morgan fingerprint density at radius 1 is 1.17 bits per heavy atom. The molecule has 0 spiro atoms. The van der Waals surface area contributed by atoms with Crippen molar-refractivity contribution >= 4 is 40.2 Å². The summed E-state index contributed by atoms with van der Waals surface area (Å²) in [6, 6.07) is 9.63. The van der Waals surface area contributed by atoms with Crippen LogP contribution < -0.4 is 16.4 Å². The number of carbonyl (C=O) groups excluding carboxylic acids is 1. The number of para-hydroxylation sites is 1. The van der Waals surface area contributed by atoms with Crippen LogP contribution >= 0.6 is 11.6 Å². The van der Waals surface area contributed by atoms with E-state index in [1.807, 2.05) is 35.7 Å². The van der Waals surface area contributed by atoms with Gasteiger partial charge in [-0.3, -0.25) is 9.78 Å². The number of aryl methyl sites for hydroxylation is 1. The van der Waals surface area contributed by atoms with E-state index in [0.29, 0.717) is 10.8 Å². The van der Waals surface area contributed by atoms with Gasteiger partial charge >= 0.3 is 0 Å². The Balaban J connectivity index is 1.22. The van der Waals surface area contributed by atoms with Crippen molar-refractivity contribution in [2.45, 2.75) is 51.0 Å². The van der Waals surface area contributed by atoms with E-state index in [1.54, 1.807) is 6.20 Å². The van der Waals surface area contributed by atoms with E-state index < -0.39 is 0 Å². The van der Waals surface area contributed by atoms with Gasteiger partial charge in [0.05, 0.1) is 34.3 Å². The van der Waals surface area contributed by atoms with Crippen LogP contribution in [0.4, 0.5) is 17.2 Å². The highest BCUT2D eigenvalue weighted by Gasteiger charge is 2.34. The van der Waals surface area contributed by atoms with E-state index >= 15 is 0 Å². The average Bonchev–Trinajstić information content (AvgIpc) is 3.49. The van der Waals surface area contributed by atoms with Crippen molar-refractivity contribution in [3.05, 3.63) is 70.7 Å². The SMILES string of the molecule is Cc1ccc(NC(=O)C2CCC(c3nc(C4Cc5cccc(Cl)c5N4)c4c(N)ncnn34)CC2)cn1. The van der Waals surface area contributed by atoms with Crippen LogP contribution in [0.15, 0.2) is 42.9 Å². The minimum atomic E-state index is -0.0674. The predicted molar refractivity (Wildman–Crippen MR) is 139 cm³/mol. The molecule has 10 heteroatoms. The molecule has 4 N–H and O–H groups in total. The number of nitrogens with zero attached hydrogens (tertiary/aromatic N) is 5. The Labute approximate surface area is 213 Å². The predicted octanol–water partition coefficient (Wildman–Crippen LogP) is 4.69. The van der Waals surface area contributed by atoms with Gasteiger partial charge < -0.3 is 16.4 Å². The number of rotatable bonds is 4. The van der Waals surface area contributed by atoms with Crippen molar-refractivity contribution in [2.24, 2.45) is 5.92 Å². The van der Waals surface area contributed by atoms with Crippen LogP contribution in [-0.4, -0.2) is 30.5 Å². The number of amides is 1. The molecule has 3 aromatic heterocycles. The summed E-state index contributed by atoms with van der Waals surface area (Å²) in [5, 5.41) is 11.7. The molecule has 36 heavy (non-hydrogen) atoms. The summed E-state index contributed by atoms with van der Waals surface area (Å²) in [6.45, 7) is 1.92. The lowest BCUT2D eigenvalue weighted by atomic mass is 9.81. The zero-order chi connectivity index (χ0) is 24.8. The highest BCUT2D eigenvalue weighted by molar-refractivity contribution is 6.33. The Hall–Kier alpha value is -3.72. The van der Waals surface area contributed by atoms with E-state index in [9.17, 15) is 4.79 Å². The summed E-state index contributed by atoms with van der Waals surface area (Å²) in [4.78, 5) is 26.4. The van der Waals surface area contributed by atoms with E-state index in [0.717, 1.165) is 71.8 Å². The lowest BCUT2D eigenvalue weighted by molar-refractivity contribution is -0.120. The number of aromatic nitrogens is 5. The Bertz CT molecular complexity index is 1440. The second-order valence-corrected chi connectivity index (χ2v) is 10.1. The van der Waals surface area contributed by atoms with Crippen LogP contribution in [0.1, 0.15) is 60.4 Å². The quantitative estimate of drug-likeness (QED) is 0.370. The summed E-state index contributed by atoms with van der Waals surface area (Å²) in [6.07, 6.45) is 7.18. The maximum Gasteiger partial charge on any atom is 0.227 e. The number of benzene rings is 1. The number of anilines is 3. The first-order valence-electron chi connectivity index (χ1n) is 12.2. The lowest BCUT2D eigenvalue weighted by Gasteiger charge is -2.26. The molecule has 1 atom stereocenters. The number of nitrogens with one attached hydrogen (secondary N) is 2. The van der Waals surface area contributed by atoms with E-state index in [4.69, 9.17) is 22.3 Å². The molecule has 4 aromatic rings. The summed E-state index contributed by atoms with van der Waals surface area (Å²) >= 11 is 6.42. The van der Waals surface area contributed by atoms with Gasteiger partial charge in [0.1, 0.15) is 17.7 Å². The van der Waals surface area contributed by atoms with Crippen LogP contribution in [0.3, 0.4) is 0 Å². The van der Waals surface area contributed by atoms with Gasteiger partial charge in [-0.15, -0.1) is 0 Å². The third-order valence-corrected chi connectivity index (χ3v) is 7.64. The molecule has 1 unspecified atom stereocenters. The molecule has 2 aliphatic rings. The van der Waals surface area contributed by atoms with Crippen LogP contribution in [0.5, 0.6) is 0 Å². The van der Waals surface area contributed by atoms with Crippen molar-refractivity contribution in [3.63, 3.8) is 0 Å². The molecular weight excluding hydrogens is 476 g/mol. The van der Waals surface area contributed by atoms with Gasteiger partial charge in [0.15, 0.2) is 5.82 Å². The molecule has 1 aliphatic carbocycles. The molecule has 0 bridgehead atoms. The molecule has 1 fully saturated rings. The third kappa shape index (κ3) is 4.03.